The van der Waals surface area contributed by atoms with Crippen LogP contribution in [0.25, 0.3) is 0 Å². The van der Waals surface area contributed by atoms with Crippen molar-refractivity contribution in [1.82, 2.24) is 0 Å². The van der Waals surface area contributed by atoms with Crippen LogP contribution in [0, 0.1) is 12.0 Å². The van der Waals surface area contributed by atoms with Crippen molar-refractivity contribution >= 4 is 0 Å². The van der Waals surface area contributed by atoms with E-state index in [9.17, 15) is 0 Å². The number of hydrogen-bond donors (Lipinski definition) is 0. The third kappa shape index (κ3) is 4.38. The molecular formula is C16H21Li. The Morgan fingerprint density at radius 3 is 2.41 bits per heavy atom. The van der Waals surface area contributed by atoms with Gasteiger partial charge in [-0.25, -0.2) is 0 Å². The molecule has 0 N–H and O–H groups in total. The Morgan fingerprint density at radius 2 is 1.82 bits per heavy atom. The average Bonchev–Trinajstić information content (AvgIpc) is 2.38. The Morgan fingerprint density at radius 1 is 1.18 bits per heavy atom. The minimum Gasteiger partial charge on any atom is -0.184 e. The molecule has 0 radical (unpaired) electrons. The van der Waals surface area contributed by atoms with E-state index in [4.69, 9.17) is 0 Å². The van der Waals surface area contributed by atoms with Crippen molar-refractivity contribution in [3.8, 4) is 0 Å². The molecular weight excluding hydrogens is 199 g/mol. The quantitative estimate of drug-likeness (QED) is 0.413. The summed E-state index contributed by atoms with van der Waals surface area (Å²) in [6, 6.07) is 11.6. The molecule has 0 heterocycles. The number of allylic oxidation sites excluding steroid dienone is 2. The molecule has 1 heteroatoms. The van der Waals surface area contributed by atoms with Crippen LogP contribution in [0.3, 0.4) is 0 Å². The maximum atomic E-state index is 3.10. The summed E-state index contributed by atoms with van der Waals surface area (Å²) in [6.45, 7) is 2.21. The summed E-state index contributed by atoms with van der Waals surface area (Å²) in [4.78, 5) is 0. The van der Waals surface area contributed by atoms with Crippen molar-refractivity contribution in [2.45, 2.75) is 44.9 Å². The summed E-state index contributed by atoms with van der Waals surface area (Å²) in [5.41, 5.74) is 1.51. The first-order chi connectivity index (χ1) is 7.90. The molecule has 1 aliphatic rings. The predicted octanol–water partition coefficient (Wildman–Crippen LogP) is 1.73. The summed E-state index contributed by atoms with van der Waals surface area (Å²) < 4.78 is 0. The van der Waals surface area contributed by atoms with Crippen LogP contribution in [0.5, 0.6) is 0 Å². The Balaban J connectivity index is 0.00000144. The van der Waals surface area contributed by atoms with Gasteiger partial charge in [-0.3, -0.25) is 0 Å². The fourth-order valence-electron chi connectivity index (χ4n) is 2.65. The van der Waals surface area contributed by atoms with Gasteiger partial charge >= 0.3 is 18.9 Å². The van der Waals surface area contributed by atoms with Gasteiger partial charge in [-0.1, -0.05) is 19.1 Å². The topological polar surface area (TPSA) is 0 Å². The normalized spacial score (nSPS) is 24.5. The smallest absolute Gasteiger partial charge is 0.184 e. The first-order valence-corrected chi connectivity index (χ1v) is 6.53. The zero-order valence-corrected chi connectivity index (χ0v) is 11.2. The Kier molecular flexibility index (Phi) is 6.71. The summed E-state index contributed by atoms with van der Waals surface area (Å²) >= 11 is 0. The van der Waals surface area contributed by atoms with E-state index in [0.717, 1.165) is 11.8 Å². The van der Waals surface area contributed by atoms with Crippen LogP contribution < -0.4 is 18.9 Å². The average molecular weight is 220 g/mol. The molecule has 2 rings (SSSR count). The molecule has 0 bridgehead atoms. The van der Waals surface area contributed by atoms with Crippen molar-refractivity contribution in [3.05, 3.63) is 48.0 Å². The van der Waals surface area contributed by atoms with E-state index in [1.165, 1.54) is 37.7 Å². The minimum absolute atomic E-state index is 0. The Bertz CT molecular complexity index is 321. The van der Waals surface area contributed by atoms with Crippen LogP contribution in [-0.4, -0.2) is 0 Å². The van der Waals surface area contributed by atoms with Gasteiger partial charge < -0.3 is 0 Å². The number of benzene rings is 1. The second kappa shape index (κ2) is 7.80. The number of hydrogen-bond acceptors (Lipinski definition) is 0. The second-order valence-corrected chi connectivity index (χ2v) is 4.78. The van der Waals surface area contributed by atoms with E-state index in [2.05, 4.69) is 37.3 Å². The largest absolute Gasteiger partial charge is 1.00 e. The Labute approximate surface area is 118 Å². The molecule has 0 aliphatic heterocycles. The second-order valence-electron chi connectivity index (χ2n) is 4.78. The molecule has 0 atom stereocenters. The first-order valence-electron chi connectivity index (χ1n) is 6.53. The van der Waals surface area contributed by atoms with Crippen LogP contribution in [0.2, 0.25) is 0 Å². The van der Waals surface area contributed by atoms with Gasteiger partial charge in [0.15, 0.2) is 0 Å². The molecule has 86 valence electrons. The summed E-state index contributed by atoms with van der Waals surface area (Å²) in [5.74, 6) is 1.63. The van der Waals surface area contributed by atoms with Gasteiger partial charge in [0.25, 0.3) is 0 Å². The standard InChI is InChI=1S/C16H21.Li/c1-2-3-7-14-10-12-16(13-11-14)15-8-5-4-6-9-15;/h3,5-9,14,16H,2,10-13H2,1H3;/q-1;+1. The van der Waals surface area contributed by atoms with E-state index in [-0.39, 0.29) is 18.9 Å². The molecule has 1 aromatic rings. The van der Waals surface area contributed by atoms with Crippen LogP contribution in [0.4, 0.5) is 0 Å². The summed E-state index contributed by atoms with van der Waals surface area (Å²) in [5, 5.41) is 0. The van der Waals surface area contributed by atoms with E-state index < -0.39 is 0 Å². The number of rotatable bonds is 3. The Hall–Kier alpha value is -0.443. The molecule has 0 saturated heterocycles. The molecule has 1 fully saturated rings. The van der Waals surface area contributed by atoms with Crippen molar-refractivity contribution in [2.24, 2.45) is 5.92 Å². The zero-order valence-electron chi connectivity index (χ0n) is 11.2. The van der Waals surface area contributed by atoms with Crippen LogP contribution in [0.1, 0.15) is 50.5 Å². The predicted molar refractivity (Wildman–Crippen MR) is 69.4 cm³/mol. The molecule has 0 spiro atoms. The van der Waals surface area contributed by atoms with Gasteiger partial charge in [0.1, 0.15) is 0 Å². The van der Waals surface area contributed by atoms with Crippen LogP contribution in [-0.2, 0) is 0 Å². The van der Waals surface area contributed by atoms with E-state index in [0.29, 0.717) is 0 Å². The minimum atomic E-state index is 0. The fraction of sp³-hybridized carbons (Fsp3) is 0.500. The van der Waals surface area contributed by atoms with Gasteiger partial charge in [0, 0.05) is 0 Å². The van der Waals surface area contributed by atoms with Crippen LogP contribution >= 0.6 is 0 Å². The van der Waals surface area contributed by atoms with E-state index in [1.807, 2.05) is 12.1 Å². The van der Waals surface area contributed by atoms with Crippen molar-refractivity contribution in [2.75, 3.05) is 0 Å². The maximum Gasteiger partial charge on any atom is 1.00 e. The van der Waals surface area contributed by atoms with Gasteiger partial charge in [0.2, 0.25) is 0 Å². The van der Waals surface area contributed by atoms with E-state index in [1.54, 1.807) is 0 Å². The molecule has 0 unspecified atom stereocenters. The van der Waals surface area contributed by atoms with Gasteiger partial charge in [-0.2, -0.15) is 35.9 Å². The first kappa shape index (κ1) is 14.6. The molecule has 0 aromatic heterocycles. The van der Waals surface area contributed by atoms with Gasteiger partial charge in [-0.05, 0) is 43.9 Å². The zero-order chi connectivity index (χ0) is 11.2. The van der Waals surface area contributed by atoms with Crippen molar-refractivity contribution in [3.63, 3.8) is 0 Å². The maximum absolute atomic E-state index is 3.10. The molecule has 0 amide bonds. The van der Waals surface area contributed by atoms with Crippen molar-refractivity contribution in [1.29, 1.82) is 0 Å². The molecule has 1 aliphatic carbocycles. The molecule has 0 nitrogen and oxygen atoms in total. The molecule has 1 aromatic carbocycles. The fourth-order valence-corrected chi connectivity index (χ4v) is 2.65. The molecule has 1 saturated carbocycles. The third-order valence-corrected chi connectivity index (χ3v) is 3.63. The van der Waals surface area contributed by atoms with Crippen LogP contribution in [0.15, 0.2) is 36.4 Å². The monoisotopic (exact) mass is 220 g/mol. The summed E-state index contributed by atoms with van der Waals surface area (Å²) in [7, 11) is 0. The molecule has 17 heavy (non-hydrogen) atoms. The summed E-state index contributed by atoms with van der Waals surface area (Å²) in [6.07, 6.45) is 11.3. The van der Waals surface area contributed by atoms with E-state index >= 15 is 0 Å². The van der Waals surface area contributed by atoms with Gasteiger partial charge in [0.05, 0.1) is 0 Å². The van der Waals surface area contributed by atoms with Gasteiger partial charge in [-0.15, -0.1) is 0 Å². The SMILES string of the molecule is CCC=CC1CCC(c2cc[c-]cc2)CC1.[Li+]. The van der Waals surface area contributed by atoms with Crippen molar-refractivity contribution < 1.29 is 18.9 Å². The third-order valence-electron chi connectivity index (χ3n) is 3.63.